The van der Waals surface area contributed by atoms with E-state index in [9.17, 15) is 13.2 Å². The summed E-state index contributed by atoms with van der Waals surface area (Å²) in [5, 5.41) is 11.6. The smallest absolute Gasteiger partial charge is 0.362 e. The Hall–Kier alpha value is -0.890. The quantitative estimate of drug-likeness (QED) is 0.862. The molecule has 1 unspecified atom stereocenters. The van der Waals surface area contributed by atoms with E-state index in [1.807, 2.05) is 6.92 Å². The van der Waals surface area contributed by atoms with Gasteiger partial charge in [-0.05, 0) is 13.3 Å². The van der Waals surface area contributed by atoms with Crippen LogP contribution >= 0.6 is 11.3 Å². The summed E-state index contributed by atoms with van der Waals surface area (Å²) in [5.74, 6) is 0. The third kappa shape index (κ3) is 4.86. The summed E-state index contributed by atoms with van der Waals surface area (Å²) in [7, 11) is 0. The van der Waals surface area contributed by atoms with Crippen molar-refractivity contribution < 1.29 is 17.9 Å². The van der Waals surface area contributed by atoms with Gasteiger partial charge in [-0.15, -0.1) is 10.2 Å². The minimum atomic E-state index is -4.34. The number of nitrogens with zero attached hydrogens (tertiary/aromatic N) is 2. The molecule has 4 nitrogen and oxygen atoms in total. The molecule has 0 spiro atoms. The third-order valence-electron chi connectivity index (χ3n) is 1.91. The maximum atomic E-state index is 12.2. The van der Waals surface area contributed by atoms with Gasteiger partial charge in [0, 0.05) is 6.54 Å². The van der Waals surface area contributed by atoms with Crippen LogP contribution in [-0.4, -0.2) is 29.0 Å². The molecule has 0 radical (unpaired) electrons. The Kier molecular flexibility index (Phi) is 5.13. The van der Waals surface area contributed by atoms with Crippen molar-refractivity contribution in [1.29, 1.82) is 0 Å². The van der Waals surface area contributed by atoms with E-state index in [2.05, 4.69) is 20.3 Å². The van der Waals surface area contributed by atoms with Crippen molar-refractivity contribution in [2.75, 3.05) is 11.9 Å². The molecule has 1 atom stereocenters. The number of nitrogens with one attached hydrogen (secondary N) is 1. The van der Waals surface area contributed by atoms with E-state index in [0.29, 0.717) is 10.1 Å². The van der Waals surface area contributed by atoms with E-state index in [4.69, 9.17) is 0 Å². The number of rotatable bonds is 6. The Morgan fingerprint density at radius 1 is 1.41 bits per heavy atom. The Balaban J connectivity index is 2.39. The zero-order chi connectivity index (χ0) is 12.9. The van der Waals surface area contributed by atoms with Crippen molar-refractivity contribution in [2.45, 2.75) is 39.2 Å². The highest BCUT2D eigenvalue weighted by atomic mass is 32.1. The first-order valence-electron chi connectivity index (χ1n) is 5.18. The lowest BCUT2D eigenvalue weighted by atomic mass is 10.4. The van der Waals surface area contributed by atoms with Gasteiger partial charge in [0.25, 0.3) is 0 Å². The second-order valence-electron chi connectivity index (χ2n) is 3.42. The molecule has 98 valence electrons. The zero-order valence-corrected chi connectivity index (χ0v) is 10.4. The van der Waals surface area contributed by atoms with Crippen LogP contribution < -0.4 is 5.32 Å². The van der Waals surface area contributed by atoms with Gasteiger partial charge in [0.1, 0.15) is 11.6 Å². The van der Waals surface area contributed by atoms with Crippen LogP contribution in [0.25, 0.3) is 0 Å². The first-order chi connectivity index (χ1) is 7.93. The Morgan fingerprint density at radius 2 is 2.12 bits per heavy atom. The molecule has 0 saturated heterocycles. The lowest BCUT2D eigenvalue weighted by Gasteiger charge is -2.14. The first kappa shape index (κ1) is 14.2. The molecule has 0 aliphatic rings. The Labute approximate surface area is 101 Å². The summed E-state index contributed by atoms with van der Waals surface area (Å²) < 4.78 is 41.1. The molecule has 1 aromatic rings. The summed E-state index contributed by atoms with van der Waals surface area (Å²) in [6.45, 7) is 3.56. The molecule has 1 rings (SSSR count). The minimum absolute atomic E-state index is 0.174. The van der Waals surface area contributed by atoms with Crippen molar-refractivity contribution >= 4 is 16.5 Å². The molecular formula is C9H14F3N3OS. The molecule has 0 amide bonds. The molecule has 17 heavy (non-hydrogen) atoms. The second-order valence-corrected chi connectivity index (χ2v) is 4.48. The van der Waals surface area contributed by atoms with Gasteiger partial charge in [-0.2, -0.15) is 13.2 Å². The fraction of sp³-hybridized carbons (Fsp3) is 0.778. The van der Waals surface area contributed by atoms with Gasteiger partial charge in [0.15, 0.2) is 6.10 Å². The molecule has 0 bridgehead atoms. The molecule has 1 heterocycles. The number of alkyl halides is 3. The number of hydrogen-bond acceptors (Lipinski definition) is 5. The lowest BCUT2D eigenvalue weighted by Crippen LogP contribution is -2.28. The number of aromatic nitrogens is 2. The highest BCUT2D eigenvalue weighted by Gasteiger charge is 2.37. The highest BCUT2D eigenvalue weighted by Crippen LogP contribution is 2.24. The van der Waals surface area contributed by atoms with Crippen molar-refractivity contribution in [3.63, 3.8) is 0 Å². The Morgan fingerprint density at radius 3 is 2.71 bits per heavy atom. The van der Waals surface area contributed by atoms with Gasteiger partial charge in [-0.1, -0.05) is 18.3 Å². The van der Waals surface area contributed by atoms with Gasteiger partial charge in [-0.3, -0.25) is 0 Å². The summed E-state index contributed by atoms with van der Waals surface area (Å²) in [5.41, 5.74) is 0. The van der Waals surface area contributed by atoms with E-state index in [1.165, 1.54) is 11.3 Å². The highest BCUT2D eigenvalue weighted by molar-refractivity contribution is 7.15. The van der Waals surface area contributed by atoms with E-state index in [-0.39, 0.29) is 6.61 Å². The average molecular weight is 269 g/mol. The summed E-state index contributed by atoms with van der Waals surface area (Å²) in [6.07, 6.45) is -5.19. The lowest BCUT2D eigenvalue weighted by molar-refractivity contribution is -0.217. The summed E-state index contributed by atoms with van der Waals surface area (Å²) in [4.78, 5) is 0. The van der Waals surface area contributed by atoms with Gasteiger partial charge >= 0.3 is 6.18 Å². The summed E-state index contributed by atoms with van der Waals surface area (Å²) in [6, 6.07) is 0. The molecule has 1 aromatic heterocycles. The molecule has 0 aliphatic heterocycles. The predicted octanol–water partition coefficient (Wildman–Crippen LogP) is 2.83. The zero-order valence-electron chi connectivity index (χ0n) is 9.54. The molecule has 0 aliphatic carbocycles. The summed E-state index contributed by atoms with van der Waals surface area (Å²) >= 11 is 1.20. The van der Waals surface area contributed by atoms with Gasteiger partial charge in [-0.25, -0.2) is 0 Å². The van der Waals surface area contributed by atoms with Crippen LogP contribution in [0.15, 0.2) is 0 Å². The largest absolute Gasteiger partial charge is 0.414 e. The number of halogens is 3. The third-order valence-corrected chi connectivity index (χ3v) is 2.77. The fourth-order valence-corrected chi connectivity index (χ4v) is 1.59. The van der Waals surface area contributed by atoms with Crippen molar-refractivity contribution in [2.24, 2.45) is 0 Å². The minimum Gasteiger partial charge on any atom is -0.362 e. The molecule has 8 heteroatoms. The van der Waals surface area contributed by atoms with Crippen LogP contribution in [0.4, 0.5) is 18.3 Å². The molecular weight excluding hydrogens is 255 g/mol. The average Bonchev–Trinajstić information content (AvgIpc) is 2.69. The SMILES string of the molecule is CCCNc1nnc(COC(C)C(F)(F)F)s1. The number of anilines is 1. The van der Waals surface area contributed by atoms with Gasteiger partial charge < -0.3 is 10.1 Å². The van der Waals surface area contributed by atoms with E-state index < -0.39 is 12.3 Å². The van der Waals surface area contributed by atoms with Crippen LogP contribution in [0, 0.1) is 0 Å². The molecule has 0 fully saturated rings. The molecule has 0 saturated carbocycles. The second kappa shape index (κ2) is 6.15. The first-order valence-corrected chi connectivity index (χ1v) is 5.99. The van der Waals surface area contributed by atoms with Crippen LogP contribution in [0.1, 0.15) is 25.3 Å². The topological polar surface area (TPSA) is 47.0 Å². The van der Waals surface area contributed by atoms with Crippen LogP contribution in [-0.2, 0) is 11.3 Å². The predicted molar refractivity (Wildman–Crippen MR) is 59.0 cm³/mol. The standard InChI is InChI=1S/C9H14F3N3OS/c1-3-4-13-8-15-14-7(17-8)5-16-6(2)9(10,11)12/h6H,3-5H2,1-2H3,(H,13,15). The van der Waals surface area contributed by atoms with Gasteiger partial charge in [0.05, 0.1) is 0 Å². The monoisotopic (exact) mass is 269 g/mol. The van der Waals surface area contributed by atoms with Crippen molar-refractivity contribution in [3.8, 4) is 0 Å². The van der Waals surface area contributed by atoms with E-state index in [0.717, 1.165) is 19.9 Å². The Bertz CT molecular complexity index is 342. The molecule has 0 aromatic carbocycles. The van der Waals surface area contributed by atoms with E-state index >= 15 is 0 Å². The van der Waals surface area contributed by atoms with Crippen LogP contribution in [0.3, 0.4) is 0 Å². The van der Waals surface area contributed by atoms with Crippen LogP contribution in [0.2, 0.25) is 0 Å². The van der Waals surface area contributed by atoms with Crippen LogP contribution in [0.5, 0.6) is 0 Å². The van der Waals surface area contributed by atoms with Crippen molar-refractivity contribution in [3.05, 3.63) is 5.01 Å². The van der Waals surface area contributed by atoms with Crippen molar-refractivity contribution in [1.82, 2.24) is 10.2 Å². The molecule has 1 N–H and O–H groups in total. The number of ether oxygens (including phenoxy) is 1. The van der Waals surface area contributed by atoms with Gasteiger partial charge in [0.2, 0.25) is 5.13 Å². The maximum absolute atomic E-state index is 12.2. The maximum Gasteiger partial charge on any atom is 0.414 e. The number of hydrogen-bond donors (Lipinski definition) is 1. The van der Waals surface area contributed by atoms with E-state index in [1.54, 1.807) is 0 Å². The fourth-order valence-electron chi connectivity index (χ4n) is 0.906. The normalized spacial score (nSPS) is 13.7.